The molecule has 0 unspecified atom stereocenters. The fourth-order valence-corrected chi connectivity index (χ4v) is 3.75. The van der Waals surface area contributed by atoms with Crippen molar-refractivity contribution >= 4 is 35.0 Å². The van der Waals surface area contributed by atoms with Gasteiger partial charge in [-0.2, -0.15) is 0 Å². The zero-order valence-corrected chi connectivity index (χ0v) is 18.2. The minimum absolute atomic E-state index is 0.165. The molecule has 3 aromatic carbocycles. The maximum absolute atomic E-state index is 12.6. The van der Waals surface area contributed by atoms with Crippen molar-refractivity contribution in [2.75, 3.05) is 11.1 Å². The number of hydrogen-bond acceptors (Lipinski definition) is 5. The summed E-state index contributed by atoms with van der Waals surface area (Å²) in [6.07, 6.45) is 1.59. The Morgan fingerprint density at radius 3 is 2.71 bits per heavy atom. The Morgan fingerprint density at radius 1 is 1.10 bits per heavy atom. The number of aryl methyl sites for hydroxylation is 1. The van der Waals surface area contributed by atoms with E-state index in [1.54, 1.807) is 23.0 Å². The highest BCUT2D eigenvalue weighted by molar-refractivity contribution is 7.99. The summed E-state index contributed by atoms with van der Waals surface area (Å²) in [7, 11) is 0. The minimum atomic E-state index is -0.175. The Balaban J connectivity index is 1.41. The molecule has 4 rings (SSSR count). The Labute approximate surface area is 189 Å². The number of carbonyl (C=O) groups excluding carboxylic acids is 1. The molecular weight excluding hydrogens is 432 g/mol. The highest BCUT2D eigenvalue weighted by atomic mass is 35.5. The summed E-state index contributed by atoms with van der Waals surface area (Å²) < 4.78 is 7.73. The van der Waals surface area contributed by atoms with E-state index < -0.39 is 0 Å². The third kappa shape index (κ3) is 5.45. The molecule has 0 saturated carbocycles. The van der Waals surface area contributed by atoms with Crippen LogP contribution in [-0.2, 0) is 4.79 Å². The second-order valence-electron chi connectivity index (χ2n) is 6.71. The molecule has 1 aromatic heterocycles. The minimum Gasteiger partial charge on any atom is -0.455 e. The molecular formula is C23H19ClN4O2S. The quantitative estimate of drug-likeness (QED) is 0.363. The van der Waals surface area contributed by atoms with Crippen LogP contribution in [0.2, 0.25) is 5.02 Å². The van der Waals surface area contributed by atoms with Crippen LogP contribution in [0.5, 0.6) is 11.5 Å². The zero-order valence-electron chi connectivity index (χ0n) is 16.7. The summed E-state index contributed by atoms with van der Waals surface area (Å²) in [4.78, 5) is 12.6. The average Bonchev–Trinajstić information content (AvgIpc) is 3.24. The van der Waals surface area contributed by atoms with Crippen LogP contribution in [0.25, 0.3) is 5.69 Å². The first kappa shape index (κ1) is 21.0. The number of thioether (sulfide) groups is 1. The third-order valence-electron chi connectivity index (χ3n) is 4.35. The molecule has 0 spiro atoms. The van der Waals surface area contributed by atoms with Crippen LogP contribution in [-0.4, -0.2) is 26.4 Å². The van der Waals surface area contributed by atoms with Gasteiger partial charge in [0.2, 0.25) is 5.91 Å². The first-order chi connectivity index (χ1) is 15.1. The van der Waals surface area contributed by atoms with Gasteiger partial charge in [0.1, 0.15) is 12.1 Å². The van der Waals surface area contributed by atoms with E-state index in [2.05, 4.69) is 15.5 Å². The predicted octanol–water partition coefficient (Wildman–Crippen LogP) is 5.75. The van der Waals surface area contributed by atoms with Gasteiger partial charge in [0.25, 0.3) is 0 Å². The molecule has 0 aliphatic carbocycles. The second-order valence-corrected chi connectivity index (χ2v) is 8.09. The van der Waals surface area contributed by atoms with E-state index in [1.165, 1.54) is 11.8 Å². The van der Waals surface area contributed by atoms with E-state index in [9.17, 15) is 4.79 Å². The molecule has 31 heavy (non-hydrogen) atoms. The van der Waals surface area contributed by atoms with E-state index >= 15 is 0 Å². The first-order valence-electron chi connectivity index (χ1n) is 9.51. The highest BCUT2D eigenvalue weighted by Gasteiger charge is 2.13. The Morgan fingerprint density at radius 2 is 1.90 bits per heavy atom. The van der Waals surface area contributed by atoms with Crippen molar-refractivity contribution in [1.82, 2.24) is 14.8 Å². The molecule has 156 valence electrons. The van der Waals surface area contributed by atoms with Gasteiger partial charge in [-0.3, -0.25) is 9.36 Å². The number of ether oxygens (including phenoxy) is 1. The van der Waals surface area contributed by atoms with Gasteiger partial charge in [0, 0.05) is 5.02 Å². The van der Waals surface area contributed by atoms with Crippen LogP contribution in [0.3, 0.4) is 0 Å². The SMILES string of the molecule is Cc1ccc(Oc2ccccc2NC(=O)CSc2nncn2-c2cccc(Cl)c2)cc1. The lowest BCUT2D eigenvalue weighted by molar-refractivity contribution is -0.113. The largest absolute Gasteiger partial charge is 0.455 e. The van der Waals surface area contributed by atoms with Crippen molar-refractivity contribution in [3.05, 3.63) is 89.7 Å². The van der Waals surface area contributed by atoms with Crippen LogP contribution >= 0.6 is 23.4 Å². The van der Waals surface area contributed by atoms with Crippen LogP contribution in [0.4, 0.5) is 5.69 Å². The third-order valence-corrected chi connectivity index (χ3v) is 5.52. The van der Waals surface area contributed by atoms with Gasteiger partial charge in [0.15, 0.2) is 10.9 Å². The van der Waals surface area contributed by atoms with E-state index in [-0.39, 0.29) is 11.7 Å². The van der Waals surface area contributed by atoms with Gasteiger partial charge in [-0.15, -0.1) is 10.2 Å². The van der Waals surface area contributed by atoms with Gasteiger partial charge >= 0.3 is 0 Å². The summed E-state index contributed by atoms with van der Waals surface area (Å²) in [6, 6.07) is 22.4. The molecule has 0 radical (unpaired) electrons. The summed E-state index contributed by atoms with van der Waals surface area (Å²) in [5.41, 5.74) is 2.58. The molecule has 0 aliphatic heterocycles. The molecule has 0 atom stereocenters. The molecule has 0 fully saturated rings. The highest BCUT2D eigenvalue weighted by Crippen LogP contribution is 2.30. The molecule has 0 saturated heterocycles. The Hall–Kier alpha value is -3.29. The van der Waals surface area contributed by atoms with Crippen molar-refractivity contribution in [2.24, 2.45) is 0 Å². The number of benzene rings is 3. The van der Waals surface area contributed by atoms with Gasteiger partial charge in [-0.1, -0.05) is 59.3 Å². The maximum Gasteiger partial charge on any atom is 0.234 e. The average molecular weight is 451 g/mol. The molecule has 6 nitrogen and oxygen atoms in total. The fraction of sp³-hybridized carbons (Fsp3) is 0.0870. The van der Waals surface area contributed by atoms with Crippen molar-refractivity contribution in [2.45, 2.75) is 12.1 Å². The topological polar surface area (TPSA) is 69.0 Å². The standard InChI is InChI=1S/C23H19ClN4O2S/c1-16-9-11-19(12-10-16)30-21-8-3-2-7-20(21)26-22(29)14-31-23-27-25-15-28(23)18-6-4-5-17(24)13-18/h2-13,15H,14H2,1H3,(H,26,29). The zero-order chi connectivity index (χ0) is 21.6. The lowest BCUT2D eigenvalue weighted by atomic mass is 10.2. The second kappa shape index (κ2) is 9.68. The van der Waals surface area contributed by atoms with Crippen LogP contribution in [0.1, 0.15) is 5.56 Å². The predicted molar refractivity (Wildman–Crippen MR) is 123 cm³/mol. The summed E-state index contributed by atoms with van der Waals surface area (Å²) >= 11 is 7.36. The van der Waals surface area contributed by atoms with Gasteiger partial charge in [-0.25, -0.2) is 0 Å². The number of rotatable bonds is 7. The van der Waals surface area contributed by atoms with Crippen LogP contribution in [0, 0.1) is 6.92 Å². The van der Waals surface area contributed by atoms with E-state index in [0.717, 1.165) is 11.3 Å². The van der Waals surface area contributed by atoms with Gasteiger partial charge in [-0.05, 0) is 49.4 Å². The van der Waals surface area contributed by atoms with E-state index in [0.29, 0.717) is 27.4 Å². The number of para-hydroxylation sites is 2. The number of carbonyl (C=O) groups is 1. The van der Waals surface area contributed by atoms with Crippen molar-refractivity contribution in [1.29, 1.82) is 0 Å². The number of aromatic nitrogens is 3. The molecule has 0 aliphatic rings. The van der Waals surface area contributed by atoms with Gasteiger partial charge < -0.3 is 10.1 Å². The Kier molecular flexibility index (Phi) is 6.54. The number of anilines is 1. The molecule has 1 amide bonds. The Bertz CT molecular complexity index is 1190. The van der Waals surface area contributed by atoms with Crippen molar-refractivity contribution in [3.8, 4) is 17.2 Å². The summed E-state index contributed by atoms with van der Waals surface area (Å²) in [5.74, 6) is 1.27. The maximum atomic E-state index is 12.6. The number of hydrogen-bond donors (Lipinski definition) is 1. The van der Waals surface area contributed by atoms with Gasteiger partial charge in [0.05, 0.1) is 17.1 Å². The number of amides is 1. The molecule has 8 heteroatoms. The first-order valence-corrected chi connectivity index (χ1v) is 10.9. The fourth-order valence-electron chi connectivity index (χ4n) is 2.83. The number of nitrogens with one attached hydrogen (secondary N) is 1. The van der Waals surface area contributed by atoms with E-state index in [1.807, 2.05) is 67.6 Å². The number of nitrogens with zero attached hydrogens (tertiary/aromatic N) is 3. The summed E-state index contributed by atoms with van der Waals surface area (Å²) in [5, 5.41) is 12.2. The van der Waals surface area contributed by atoms with E-state index in [4.69, 9.17) is 16.3 Å². The summed E-state index contributed by atoms with van der Waals surface area (Å²) in [6.45, 7) is 2.02. The smallest absolute Gasteiger partial charge is 0.234 e. The normalized spacial score (nSPS) is 10.6. The van der Waals surface area contributed by atoms with Crippen LogP contribution in [0.15, 0.2) is 84.3 Å². The molecule has 1 N–H and O–H groups in total. The molecule has 0 bridgehead atoms. The number of halogens is 1. The van der Waals surface area contributed by atoms with Crippen molar-refractivity contribution < 1.29 is 9.53 Å². The lowest BCUT2D eigenvalue weighted by Gasteiger charge is -2.12. The molecule has 1 heterocycles. The van der Waals surface area contributed by atoms with Crippen LogP contribution < -0.4 is 10.1 Å². The monoisotopic (exact) mass is 450 g/mol. The molecule has 4 aromatic rings. The lowest BCUT2D eigenvalue weighted by Crippen LogP contribution is -2.15. The van der Waals surface area contributed by atoms with Crippen molar-refractivity contribution in [3.63, 3.8) is 0 Å².